The topological polar surface area (TPSA) is 48.7 Å². The molecule has 0 saturated carbocycles. The van der Waals surface area contributed by atoms with Crippen LogP contribution in [0.25, 0.3) is 0 Å². The molecule has 0 fully saturated rings. The molecule has 1 rings (SSSR count). The third-order valence-electron chi connectivity index (χ3n) is 2.24. The molecule has 3 nitrogen and oxygen atoms in total. The third kappa shape index (κ3) is 4.21. The van der Waals surface area contributed by atoms with E-state index in [1.165, 1.54) is 5.56 Å². The SMILES string of the molecule is CNC(C#N)CCSc1cc(C)cc(C)n1. The number of nitrogens with one attached hydrogen (secondary N) is 1. The van der Waals surface area contributed by atoms with Crippen LogP contribution >= 0.6 is 11.8 Å². The zero-order valence-corrected chi connectivity index (χ0v) is 10.8. The van der Waals surface area contributed by atoms with Crippen molar-refractivity contribution in [3.63, 3.8) is 0 Å². The Morgan fingerprint density at radius 2 is 2.25 bits per heavy atom. The number of thioether (sulfide) groups is 1. The average molecular weight is 235 g/mol. The molecule has 86 valence electrons. The molecule has 0 radical (unpaired) electrons. The molecular weight excluding hydrogens is 218 g/mol. The van der Waals surface area contributed by atoms with Gasteiger partial charge in [-0.25, -0.2) is 4.98 Å². The maximum atomic E-state index is 8.77. The van der Waals surface area contributed by atoms with Crippen molar-refractivity contribution >= 4 is 11.8 Å². The molecule has 0 aliphatic rings. The van der Waals surface area contributed by atoms with E-state index in [4.69, 9.17) is 5.26 Å². The summed E-state index contributed by atoms with van der Waals surface area (Å²) in [6.07, 6.45) is 0.840. The molecular formula is C12H17N3S. The van der Waals surface area contributed by atoms with Crippen LogP contribution in [0.2, 0.25) is 0 Å². The minimum absolute atomic E-state index is 0.0570. The molecule has 1 aromatic rings. The number of pyridine rings is 1. The Balaban J connectivity index is 2.46. The van der Waals surface area contributed by atoms with E-state index in [9.17, 15) is 0 Å². The Morgan fingerprint density at radius 3 is 2.81 bits per heavy atom. The Hall–Kier alpha value is -1.05. The molecule has 0 saturated heterocycles. The van der Waals surface area contributed by atoms with E-state index in [1.807, 2.05) is 14.0 Å². The number of nitrogens with zero attached hydrogens (tertiary/aromatic N) is 2. The first kappa shape index (κ1) is 13.0. The molecule has 1 aromatic heterocycles. The van der Waals surface area contributed by atoms with Gasteiger partial charge >= 0.3 is 0 Å². The van der Waals surface area contributed by atoms with E-state index in [-0.39, 0.29) is 6.04 Å². The summed E-state index contributed by atoms with van der Waals surface area (Å²) in [7, 11) is 1.81. The molecule has 0 spiro atoms. The molecule has 1 heterocycles. The lowest BCUT2D eigenvalue weighted by Gasteiger charge is -2.07. The van der Waals surface area contributed by atoms with Crippen LogP contribution in [-0.4, -0.2) is 23.8 Å². The summed E-state index contributed by atoms with van der Waals surface area (Å²) in [5.41, 5.74) is 2.29. The smallest absolute Gasteiger partial charge is 0.0965 e. The van der Waals surface area contributed by atoms with Crippen molar-refractivity contribution < 1.29 is 0 Å². The second-order valence-corrected chi connectivity index (χ2v) is 4.85. The number of nitriles is 1. The van der Waals surface area contributed by atoms with Crippen molar-refractivity contribution in [2.45, 2.75) is 31.3 Å². The highest BCUT2D eigenvalue weighted by Gasteiger charge is 2.04. The Bertz CT molecular complexity index is 364. The first-order valence-electron chi connectivity index (χ1n) is 5.30. The molecule has 1 unspecified atom stereocenters. The van der Waals surface area contributed by atoms with E-state index in [0.717, 1.165) is 22.9 Å². The highest BCUT2D eigenvalue weighted by Crippen LogP contribution is 2.18. The van der Waals surface area contributed by atoms with Gasteiger partial charge in [0.15, 0.2) is 0 Å². The van der Waals surface area contributed by atoms with Crippen LogP contribution < -0.4 is 5.32 Å². The van der Waals surface area contributed by atoms with Gasteiger partial charge in [0.1, 0.15) is 0 Å². The Morgan fingerprint density at radius 1 is 1.50 bits per heavy atom. The van der Waals surface area contributed by atoms with Crippen molar-refractivity contribution in [2.75, 3.05) is 12.8 Å². The first-order chi connectivity index (χ1) is 7.65. The van der Waals surface area contributed by atoms with Gasteiger partial charge in [0.25, 0.3) is 0 Å². The summed E-state index contributed by atoms with van der Waals surface area (Å²) in [5, 5.41) is 12.8. The van der Waals surface area contributed by atoms with Gasteiger partial charge < -0.3 is 5.32 Å². The van der Waals surface area contributed by atoms with Gasteiger partial charge in [-0.05, 0) is 45.0 Å². The van der Waals surface area contributed by atoms with E-state index in [0.29, 0.717) is 0 Å². The minimum Gasteiger partial charge on any atom is -0.305 e. The Kier molecular flexibility index (Phi) is 5.30. The van der Waals surface area contributed by atoms with Crippen molar-refractivity contribution in [2.24, 2.45) is 0 Å². The quantitative estimate of drug-likeness (QED) is 0.796. The normalized spacial score (nSPS) is 12.1. The number of hydrogen-bond donors (Lipinski definition) is 1. The summed E-state index contributed by atoms with van der Waals surface area (Å²) < 4.78 is 0. The van der Waals surface area contributed by atoms with E-state index < -0.39 is 0 Å². The van der Waals surface area contributed by atoms with Crippen molar-refractivity contribution in [1.29, 1.82) is 5.26 Å². The fourth-order valence-electron chi connectivity index (χ4n) is 1.43. The van der Waals surface area contributed by atoms with Gasteiger partial charge in [0, 0.05) is 11.4 Å². The van der Waals surface area contributed by atoms with Crippen molar-refractivity contribution in [1.82, 2.24) is 10.3 Å². The zero-order valence-electron chi connectivity index (χ0n) is 9.95. The second kappa shape index (κ2) is 6.51. The predicted octanol–water partition coefficient (Wildman–Crippen LogP) is 2.29. The molecule has 0 aromatic carbocycles. The third-order valence-corrected chi connectivity index (χ3v) is 3.18. The fourth-order valence-corrected chi connectivity index (χ4v) is 2.47. The van der Waals surface area contributed by atoms with Gasteiger partial charge in [0.2, 0.25) is 0 Å². The molecule has 0 amide bonds. The van der Waals surface area contributed by atoms with Gasteiger partial charge in [-0.1, -0.05) is 0 Å². The van der Waals surface area contributed by atoms with Gasteiger partial charge in [-0.15, -0.1) is 11.8 Å². The largest absolute Gasteiger partial charge is 0.305 e. The number of hydrogen-bond acceptors (Lipinski definition) is 4. The van der Waals surface area contributed by atoms with E-state index in [1.54, 1.807) is 11.8 Å². The van der Waals surface area contributed by atoms with Crippen molar-refractivity contribution in [3.8, 4) is 6.07 Å². The lowest BCUT2D eigenvalue weighted by Crippen LogP contribution is -2.23. The van der Waals surface area contributed by atoms with Gasteiger partial charge in [-0.3, -0.25) is 0 Å². The summed E-state index contributed by atoms with van der Waals surface area (Å²) >= 11 is 1.71. The summed E-state index contributed by atoms with van der Waals surface area (Å²) in [6, 6.07) is 6.31. The van der Waals surface area contributed by atoms with Crippen LogP contribution in [0.15, 0.2) is 17.2 Å². The van der Waals surface area contributed by atoms with Crippen LogP contribution in [-0.2, 0) is 0 Å². The average Bonchev–Trinajstić information content (AvgIpc) is 2.23. The monoisotopic (exact) mass is 235 g/mol. The predicted molar refractivity (Wildman–Crippen MR) is 67.5 cm³/mol. The maximum absolute atomic E-state index is 8.77. The van der Waals surface area contributed by atoms with Crippen molar-refractivity contribution in [3.05, 3.63) is 23.4 Å². The zero-order chi connectivity index (χ0) is 12.0. The molecule has 0 bridgehead atoms. The van der Waals surface area contributed by atoms with E-state index >= 15 is 0 Å². The molecule has 4 heteroatoms. The van der Waals surface area contributed by atoms with Gasteiger partial charge in [-0.2, -0.15) is 5.26 Å². The minimum atomic E-state index is -0.0570. The first-order valence-corrected chi connectivity index (χ1v) is 6.29. The summed E-state index contributed by atoms with van der Waals surface area (Å²) in [6.45, 7) is 4.08. The fraction of sp³-hybridized carbons (Fsp3) is 0.500. The second-order valence-electron chi connectivity index (χ2n) is 3.73. The summed E-state index contributed by atoms with van der Waals surface area (Å²) in [4.78, 5) is 4.44. The highest BCUT2D eigenvalue weighted by molar-refractivity contribution is 7.99. The highest BCUT2D eigenvalue weighted by atomic mass is 32.2. The van der Waals surface area contributed by atoms with Gasteiger partial charge in [0.05, 0.1) is 17.1 Å². The molecule has 1 N–H and O–H groups in total. The van der Waals surface area contributed by atoms with Crippen LogP contribution in [0.3, 0.4) is 0 Å². The molecule has 1 atom stereocenters. The maximum Gasteiger partial charge on any atom is 0.0965 e. The van der Waals surface area contributed by atoms with E-state index in [2.05, 4.69) is 35.4 Å². The molecule has 0 aliphatic carbocycles. The number of aryl methyl sites for hydroxylation is 2. The number of rotatable bonds is 5. The van der Waals surface area contributed by atoms with Crippen LogP contribution in [0.4, 0.5) is 0 Å². The lowest BCUT2D eigenvalue weighted by atomic mass is 10.2. The molecule has 16 heavy (non-hydrogen) atoms. The Labute approximate surface area is 101 Å². The van der Waals surface area contributed by atoms with Crippen LogP contribution in [0, 0.1) is 25.2 Å². The molecule has 0 aliphatic heterocycles. The summed E-state index contributed by atoms with van der Waals surface area (Å²) in [5.74, 6) is 0.912. The van der Waals surface area contributed by atoms with Crippen LogP contribution in [0.5, 0.6) is 0 Å². The lowest BCUT2D eigenvalue weighted by molar-refractivity contribution is 0.663. The standard InChI is InChI=1S/C12H17N3S/c1-9-6-10(2)15-12(7-9)16-5-4-11(8-13)14-3/h6-7,11,14H,4-5H2,1-3H3. The van der Waals surface area contributed by atoms with Crippen LogP contribution in [0.1, 0.15) is 17.7 Å². The number of aromatic nitrogens is 1.